The second kappa shape index (κ2) is 5.00. The Morgan fingerprint density at radius 3 is 2.60 bits per heavy atom. The molecule has 0 unspecified atom stereocenters. The number of rotatable bonds is 2. The minimum atomic E-state index is -0.0729. The Morgan fingerprint density at radius 1 is 1.40 bits per heavy atom. The van der Waals surface area contributed by atoms with Crippen LogP contribution in [-0.2, 0) is 4.79 Å². The Kier molecular flexibility index (Phi) is 3.94. The van der Waals surface area contributed by atoms with E-state index in [1.807, 2.05) is 13.8 Å². The zero-order valence-corrected chi connectivity index (χ0v) is 9.54. The predicted molar refractivity (Wildman–Crippen MR) is 57.4 cm³/mol. The summed E-state index contributed by atoms with van der Waals surface area (Å²) < 4.78 is 0. The van der Waals surface area contributed by atoms with E-state index in [1.54, 1.807) is 11.9 Å². The molecule has 0 radical (unpaired) electrons. The van der Waals surface area contributed by atoms with Crippen LogP contribution >= 0.6 is 0 Å². The second-order valence-electron chi connectivity index (χ2n) is 4.15. The third-order valence-corrected chi connectivity index (χ3v) is 2.56. The molecular weight excluding hydrogens is 194 g/mol. The lowest BCUT2D eigenvalue weighted by molar-refractivity contribution is -0.124. The molecule has 0 spiro atoms. The summed E-state index contributed by atoms with van der Waals surface area (Å²) in [6.07, 6.45) is 0.839. The lowest BCUT2D eigenvalue weighted by atomic mass is 10.2. The van der Waals surface area contributed by atoms with Crippen LogP contribution in [0.25, 0.3) is 0 Å². The number of hydrogen-bond donors (Lipinski definition) is 2. The standard InChI is InChI=1S/C10H19N3O2/c1-7(2)9(14)12-8-4-5-13(6-8)10(15)11-3/h7-8H,4-6H2,1-3H3,(H,11,15)(H,12,14)/t8-/m0/s1. The first-order valence-electron chi connectivity index (χ1n) is 5.31. The van der Waals surface area contributed by atoms with E-state index in [1.165, 1.54) is 0 Å². The number of carbonyl (C=O) groups excluding carboxylic acids is 2. The molecule has 0 aromatic carbocycles. The van der Waals surface area contributed by atoms with E-state index in [4.69, 9.17) is 0 Å². The van der Waals surface area contributed by atoms with E-state index in [-0.39, 0.29) is 23.9 Å². The molecule has 0 bridgehead atoms. The van der Waals surface area contributed by atoms with Gasteiger partial charge >= 0.3 is 6.03 Å². The number of nitrogens with zero attached hydrogens (tertiary/aromatic N) is 1. The van der Waals surface area contributed by atoms with Gasteiger partial charge in [-0.1, -0.05) is 13.8 Å². The molecule has 5 nitrogen and oxygen atoms in total. The van der Waals surface area contributed by atoms with E-state index in [9.17, 15) is 9.59 Å². The highest BCUT2D eigenvalue weighted by Gasteiger charge is 2.26. The Bertz CT molecular complexity index is 253. The van der Waals surface area contributed by atoms with Crippen molar-refractivity contribution in [3.63, 3.8) is 0 Å². The molecule has 1 rings (SSSR count). The van der Waals surface area contributed by atoms with Crippen molar-refractivity contribution in [2.24, 2.45) is 5.92 Å². The molecule has 15 heavy (non-hydrogen) atoms. The van der Waals surface area contributed by atoms with Gasteiger partial charge in [-0.3, -0.25) is 4.79 Å². The van der Waals surface area contributed by atoms with Crippen LogP contribution in [0.5, 0.6) is 0 Å². The summed E-state index contributed by atoms with van der Waals surface area (Å²) in [6.45, 7) is 5.04. The van der Waals surface area contributed by atoms with Crippen molar-refractivity contribution in [1.29, 1.82) is 0 Å². The number of nitrogens with one attached hydrogen (secondary N) is 2. The highest BCUT2D eigenvalue weighted by atomic mass is 16.2. The van der Waals surface area contributed by atoms with E-state index < -0.39 is 0 Å². The molecule has 1 aliphatic rings. The average Bonchev–Trinajstić information content (AvgIpc) is 2.65. The summed E-state index contributed by atoms with van der Waals surface area (Å²) >= 11 is 0. The zero-order chi connectivity index (χ0) is 11.4. The van der Waals surface area contributed by atoms with Gasteiger partial charge in [-0.05, 0) is 6.42 Å². The first-order valence-corrected chi connectivity index (χ1v) is 5.31. The Hall–Kier alpha value is -1.26. The van der Waals surface area contributed by atoms with Gasteiger partial charge in [0.05, 0.1) is 0 Å². The maximum atomic E-state index is 11.4. The molecule has 0 aromatic rings. The SMILES string of the molecule is CNC(=O)N1CC[C@H](NC(=O)C(C)C)C1. The van der Waals surface area contributed by atoms with Gasteiger partial charge in [0.15, 0.2) is 0 Å². The van der Waals surface area contributed by atoms with Crippen molar-refractivity contribution >= 4 is 11.9 Å². The summed E-state index contributed by atoms with van der Waals surface area (Å²) in [5, 5.41) is 5.50. The third-order valence-electron chi connectivity index (χ3n) is 2.56. The fraction of sp³-hybridized carbons (Fsp3) is 0.800. The normalized spacial score (nSPS) is 20.5. The second-order valence-corrected chi connectivity index (χ2v) is 4.15. The van der Waals surface area contributed by atoms with Crippen LogP contribution in [0.4, 0.5) is 4.79 Å². The van der Waals surface area contributed by atoms with Gasteiger partial charge < -0.3 is 15.5 Å². The minimum absolute atomic E-state index is 0.000878. The van der Waals surface area contributed by atoms with Gasteiger partial charge in [-0.2, -0.15) is 0 Å². The van der Waals surface area contributed by atoms with Crippen LogP contribution in [0.2, 0.25) is 0 Å². The minimum Gasteiger partial charge on any atom is -0.351 e. The van der Waals surface area contributed by atoms with Crippen LogP contribution in [0.1, 0.15) is 20.3 Å². The Morgan fingerprint density at radius 2 is 2.07 bits per heavy atom. The van der Waals surface area contributed by atoms with Crippen LogP contribution in [0.15, 0.2) is 0 Å². The van der Waals surface area contributed by atoms with Crippen molar-refractivity contribution < 1.29 is 9.59 Å². The third kappa shape index (κ3) is 3.11. The lowest BCUT2D eigenvalue weighted by Gasteiger charge is -2.17. The molecule has 1 saturated heterocycles. The summed E-state index contributed by atoms with van der Waals surface area (Å²) in [5.74, 6) is 0.0535. The highest BCUT2D eigenvalue weighted by molar-refractivity contribution is 5.78. The number of carbonyl (C=O) groups is 2. The highest BCUT2D eigenvalue weighted by Crippen LogP contribution is 2.09. The van der Waals surface area contributed by atoms with Crippen molar-refractivity contribution in [2.45, 2.75) is 26.3 Å². The number of amides is 3. The molecule has 0 saturated carbocycles. The zero-order valence-electron chi connectivity index (χ0n) is 9.54. The Balaban J connectivity index is 2.37. The first kappa shape index (κ1) is 11.8. The molecule has 1 atom stereocenters. The van der Waals surface area contributed by atoms with E-state index in [0.717, 1.165) is 6.42 Å². The number of urea groups is 1. The molecule has 3 amide bonds. The molecule has 1 aliphatic heterocycles. The molecule has 5 heteroatoms. The predicted octanol–water partition coefficient (Wildman–Crippen LogP) is 0.172. The lowest BCUT2D eigenvalue weighted by Crippen LogP contribution is -2.42. The molecule has 1 fully saturated rings. The summed E-state index contributed by atoms with van der Waals surface area (Å²) in [6, 6.07) is 0.0356. The largest absolute Gasteiger partial charge is 0.351 e. The first-order chi connectivity index (χ1) is 7.04. The average molecular weight is 213 g/mol. The molecule has 0 aromatic heterocycles. The van der Waals surface area contributed by atoms with E-state index >= 15 is 0 Å². The van der Waals surface area contributed by atoms with Gasteiger partial charge in [-0.15, -0.1) is 0 Å². The van der Waals surface area contributed by atoms with E-state index in [0.29, 0.717) is 13.1 Å². The van der Waals surface area contributed by atoms with Gasteiger partial charge in [-0.25, -0.2) is 4.79 Å². The van der Waals surface area contributed by atoms with Gasteiger partial charge in [0.1, 0.15) is 0 Å². The maximum Gasteiger partial charge on any atom is 0.317 e. The quantitative estimate of drug-likeness (QED) is 0.687. The molecule has 2 N–H and O–H groups in total. The van der Waals surface area contributed by atoms with Crippen molar-refractivity contribution in [1.82, 2.24) is 15.5 Å². The summed E-state index contributed by atoms with van der Waals surface area (Å²) in [7, 11) is 1.61. The fourth-order valence-corrected chi connectivity index (χ4v) is 1.59. The van der Waals surface area contributed by atoms with Gasteiger partial charge in [0.25, 0.3) is 0 Å². The number of likely N-dealkylation sites (tertiary alicyclic amines) is 1. The van der Waals surface area contributed by atoms with Crippen LogP contribution in [0, 0.1) is 5.92 Å². The monoisotopic (exact) mass is 213 g/mol. The van der Waals surface area contributed by atoms with Crippen molar-refractivity contribution in [2.75, 3.05) is 20.1 Å². The van der Waals surface area contributed by atoms with Crippen LogP contribution in [-0.4, -0.2) is 43.0 Å². The Labute approximate surface area is 90.2 Å². The van der Waals surface area contributed by atoms with Crippen LogP contribution < -0.4 is 10.6 Å². The molecule has 0 aliphatic carbocycles. The maximum absolute atomic E-state index is 11.4. The smallest absolute Gasteiger partial charge is 0.317 e. The molecule has 1 heterocycles. The van der Waals surface area contributed by atoms with Crippen molar-refractivity contribution in [3.05, 3.63) is 0 Å². The topological polar surface area (TPSA) is 61.4 Å². The summed E-state index contributed by atoms with van der Waals surface area (Å²) in [5.41, 5.74) is 0. The van der Waals surface area contributed by atoms with Crippen LogP contribution in [0.3, 0.4) is 0 Å². The van der Waals surface area contributed by atoms with Gasteiger partial charge in [0.2, 0.25) is 5.91 Å². The molecule has 86 valence electrons. The summed E-state index contributed by atoms with van der Waals surface area (Å²) in [4.78, 5) is 24.4. The number of hydrogen-bond acceptors (Lipinski definition) is 2. The van der Waals surface area contributed by atoms with E-state index in [2.05, 4.69) is 10.6 Å². The van der Waals surface area contributed by atoms with Crippen molar-refractivity contribution in [3.8, 4) is 0 Å². The molecular formula is C10H19N3O2. The fourth-order valence-electron chi connectivity index (χ4n) is 1.59. The van der Waals surface area contributed by atoms with Gasteiger partial charge in [0, 0.05) is 32.1 Å².